The van der Waals surface area contributed by atoms with Crippen molar-refractivity contribution in [3.8, 4) is 0 Å². The Balaban J connectivity index is 1.63. The van der Waals surface area contributed by atoms with Crippen LogP contribution in [0.25, 0.3) is 0 Å². The summed E-state index contributed by atoms with van der Waals surface area (Å²) in [6, 6.07) is 10.0. The van der Waals surface area contributed by atoms with Gasteiger partial charge in [0, 0.05) is 29.6 Å². The van der Waals surface area contributed by atoms with E-state index in [2.05, 4.69) is 5.32 Å². The van der Waals surface area contributed by atoms with Gasteiger partial charge in [-0.1, -0.05) is 24.3 Å². The number of hydrogen-bond acceptors (Lipinski definition) is 5. The van der Waals surface area contributed by atoms with Gasteiger partial charge in [-0.15, -0.1) is 11.3 Å². The Hall–Kier alpha value is -1.77. The summed E-state index contributed by atoms with van der Waals surface area (Å²) in [5, 5.41) is 4.68. The fourth-order valence-electron chi connectivity index (χ4n) is 3.06. The summed E-state index contributed by atoms with van der Waals surface area (Å²) in [5.41, 5.74) is 0.425. The first-order valence-electron chi connectivity index (χ1n) is 8.40. The second-order valence-corrected chi connectivity index (χ2v) is 9.67. The maximum absolute atomic E-state index is 13.7. The lowest BCUT2D eigenvalue weighted by molar-refractivity contribution is -0.123. The second kappa shape index (κ2) is 8.28. The fourth-order valence-corrected chi connectivity index (χ4v) is 5.55. The second-order valence-electron chi connectivity index (χ2n) is 6.41. The first-order chi connectivity index (χ1) is 12.4. The molecule has 2 heterocycles. The summed E-state index contributed by atoms with van der Waals surface area (Å²) in [6.07, 6.45) is 0.536. The molecule has 140 valence electrons. The monoisotopic (exact) mass is 396 g/mol. The molecule has 1 amide bonds. The highest BCUT2D eigenvalue weighted by Gasteiger charge is 2.33. The highest BCUT2D eigenvalue weighted by atomic mass is 32.2. The van der Waals surface area contributed by atoms with Crippen LogP contribution >= 0.6 is 11.3 Å². The number of halogens is 1. The van der Waals surface area contributed by atoms with Crippen LogP contribution in [-0.4, -0.2) is 43.3 Å². The van der Waals surface area contributed by atoms with E-state index in [0.29, 0.717) is 18.5 Å². The molecule has 3 rings (SSSR count). The molecule has 1 aliphatic rings. The lowest BCUT2D eigenvalue weighted by Gasteiger charge is -2.27. The number of nitrogens with zero attached hydrogens (tertiary/aromatic N) is 1. The molecule has 0 radical (unpaired) electrons. The summed E-state index contributed by atoms with van der Waals surface area (Å²) in [5.74, 6) is -0.353. The molecule has 26 heavy (non-hydrogen) atoms. The number of benzene rings is 1. The molecule has 1 fully saturated rings. The van der Waals surface area contributed by atoms with E-state index >= 15 is 0 Å². The van der Waals surface area contributed by atoms with Crippen LogP contribution < -0.4 is 5.32 Å². The smallest absolute Gasteiger partial charge is 0.234 e. The van der Waals surface area contributed by atoms with Gasteiger partial charge in [-0.3, -0.25) is 9.69 Å². The molecule has 1 atom stereocenters. The van der Waals surface area contributed by atoms with E-state index in [4.69, 9.17) is 0 Å². The van der Waals surface area contributed by atoms with Crippen LogP contribution in [0.4, 0.5) is 4.39 Å². The Bertz CT molecular complexity index is 853. The van der Waals surface area contributed by atoms with Gasteiger partial charge in [0.25, 0.3) is 0 Å². The highest BCUT2D eigenvalue weighted by molar-refractivity contribution is 7.91. The van der Waals surface area contributed by atoms with Crippen molar-refractivity contribution in [2.75, 3.05) is 18.1 Å². The third-order valence-electron chi connectivity index (χ3n) is 4.44. The first-order valence-corrected chi connectivity index (χ1v) is 11.1. The lowest BCUT2D eigenvalue weighted by Crippen LogP contribution is -2.43. The van der Waals surface area contributed by atoms with E-state index < -0.39 is 9.84 Å². The Morgan fingerprint density at radius 1 is 1.27 bits per heavy atom. The predicted octanol–water partition coefficient (Wildman–Crippen LogP) is 2.19. The van der Waals surface area contributed by atoms with Gasteiger partial charge < -0.3 is 5.32 Å². The number of carbonyl (C=O) groups excluding carboxylic acids is 1. The molecule has 1 aromatic heterocycles. The highest BCUT2D eigenvalue weighted by Crippen LogP contribution is 2.21. The van der Waals surface area contributed by atoms with E-state index in [9.17, 15) is 17.6 Å². The van der Waals surface area contributed by atoms with Crippen molar-refractivity contribution in [3.05, 3.63) is 58.0 Å². The average molecular weight is 397 g/mol. The first kappa shape index (κ1) is 19.0. The molecule has 1 saturated heterocycles. The zero-order valence-electron chi connectivity index (χ0n) is 14.2. The normalized spacial score (nSPS) is 18.9. The molecular weight excluding hydrogens is 375 g/mol. The summed E-state index contributed by atoms with van der Waals surface area (Å²) in [4.78, 5) is 15.4. The Labute approximate surface area is 156 Å². The third-order valence-corrected chi connectivity index (χ3v) is 7.06. The summed E-state index contributed by atoms with van der Waals surface area (Å²) in [7, 11) is -3.04. The number of rotatable bonds is 7. The lowest BCUT2D eigenvalue weighted by atomic mass is 10.2. The largest absolute Gasteiger partial charge is 0.351 e. The fraction of sp³-hybridized carbons (Fsp3) is 0.389. The van der Waals surface area contributed by atoms with Gasteiger partial charge in [0.15, 0.2) is 9.84 Å². The van der Waals surface area contributed by atoms with Crippen LogP contribution in [0.3, 0.4) is 0 Å². The van der Waals surface area contributed by atoms with Crippen molar-refractivity contribution in [2.24, 2.45) is 0 Å². The molecular formula is C18H21FN2O3S2. The van der Waals surface area contributed by atoms with Crippen LogP contribution in [0.5, 0.6) is 0 Å². The number of amides is 1. The van der Waals surface area contributed by atoms with E-state index in [1.165, 1.54) is 6.07 Å². The van der Waals surface area contributed by atoms with Crippen molar-refractivity contribution in [1.82, 2.24) is 10.2 Å². The molecule has 1 unspecified atom stereocenters. The third kappa shape index (κ3) is 5.12. The molecule has 1 aliphatic heterocycles. The molecule has 8 heteroatoms. The number of sulfone groups is 1. The van der Waals surface area contributed by atoms with Gasteiger partial charge in [-0.05, 0) is 23.9 Å². The molecule has 0 bridgehead atoms. The maximum Gasteiger partial charge on any atom is 0.234 e. The van der Waals surface area contributed by atoms with Gasteiger partial charge in [0.2, 0.25) is 5.91 Å². The molecule has 1 N–H and O–H groups in total. The Kier molecular flexibility index (Phi) is 6.05. The minimum atomic E-state index is -3.04. The summed E-state index contributed by atoms with van der Waals surface area (Å²) < 4.78 is 37.3. The van der Waals surface area contributed by atoms with Crippen molar-refractivity contribution >= 4 is 27.1 Å². The van der Waals surface area contributed by atoms with Crippen molar-refractivity contribution in [2.45, 2.75) is 25.6 Å². The van der Waals surface area contributed by atoms with Crippen LogP contribution in [-0.2, 0) is 27.7 Å². The molecule has 2 aromatic rings. The van der Waals surface area contributed by atoms with Crippen LogP contribution in [0.15, 0.2) is 41.8 Å². The standard InChI is InChI=1S/C18H21FN2O3S2/c19-17-6-2-1-4-14(17)10-20-18(22)12-21(11-16-5-3-8-25-16)15-7-9-26(23,24)13-15/h1-6,8,15H,7,9-13H2,(H,20,22). The van der Waals surface area contributed by atoms with E-state index in [1.54, 1.807) is 29.5 Å². The van der Waals surface area contributed by atoms with Crippen LogP contribution in [0.2, 0.25) is 0 Å². The Morgan fingerprint density at radius 3 is 2.73 bits per heavy atom. The van der Waals surface area contributed by atoms with Gasteiger partial charge in [-0.25, -0.2) is 12.8 Å². The molecule has 5 nitrogen and oxygen atoms in total. The summed E-state index contributed by atoms with van der Waals surface area (Å²) in [6.45, 7) is 0.735. The number of carbonyl (C=O) groups is 1. The van der Waals surface area contributed by atoms with E-state index in [1.807, 2.05) is 22.4 Å². The van der Waals surface area contributed by atoms with Gasteiger partial charge in [0.1, 0.15) is 5.82 Å². The van der Waals surface area contributed by atoms with Crippen molar-refractivity contribution in [3.63, 3.8) is 0 Å². The number of nitrogens with one attached hydrogen (secondary N) is 1. The minimum absolute atomic E-state index is 0.0823. The average Bonchev–Trinajstić information content (AvgIpc) is 3.23. The van der Waals surface area contributed by atoms with Gasteiger partial charge >= 0.3 is 0 Å². The van der Waals surface area contributed by atoms with Crippen molar-refractivity contribution < 1.29 is 17.6 Å². The van der Waals surface area contributed by atoms with Gasteiger partial charge in [0.05, 0.1) is 18.1 Å². The quantitative estimate of drug-likeness (QED) is 0.779. The minimum Gasteiger partial charge on any atom is -0.351 e. The molecule has 0 spiro atoms. The predicted molar refractivity (Wildman–Crippen MR) is 100 cm³/mol. The van der Waals surface area contributed by atoms with Crippen molar-refractivity contribution in [1.29, 1.82) is 0 Å². The van der Waals surface area contributed by atoms with Crippen LogP contribution in [0.1, 0.15) is 16.9 Å². The van der Waals surface area contributed by atoms with E-state index in [0.717, 1.165) is 4.88 Å². The zero-order chi connectivity index (χ0) is 18.6. The Morgan fingerprint density at radius 2 is 2.08 bits per heavy atom. The maximum atomic E-state index is 13.7. The molecule has 0 saturated carbocycles. The van der Waals surface area contributed by atoms with Crippen LogP contribution in [0, 0.1) is 5.82 Å². The SMILES string of the molecule is O=C(CN(Cc1cccs1)C1CCS(=O)(=O)C1)NCc1ccccc1F. The number of thiophene rings is 1. The molecule has 0 aliphatic carbocycles. The number of hydrogen-bond donors (Lipinski definition) is 1. The topological polar surface area (TPSA) is 66.5 Å². The zero-order valence-corrected chi connectivity index (χ0v) is 15.9. The van der Waals surface area contributed by atoms with E-state index in [-0.39, 0.29) is 42.4 Å². The van der Waals surface area contributed by atoms with Gasteiger partial charge in [-0.2, -0.15) is 0 Å². The molecule has 1 aromatic carbocycles. The summed E-state index contributed by atoms with van der Waals surface area (Å²) >= 11 is 1.58.